The molecule has 92 valence electrons. The number of allylic oxidation sites excluding steroid dienone is 1. The van der Waals surface area contributed by atoms with Crippen molar-refractivity contribution in [3.8, 4) is 0 Å². The summed E-state index contributed by atoms with van der Waals surface area (Å²) < 4.78 is 0. The maximum absolute atomic E-state index is 11.4. The van der Waals surface area contributed by atoms with Gasteiger partial charge in [-0.15, -0.1) is 6.58 Å². The maximum atomic E-state index is 11.4. The number of carboxylic acids is 1. The number of carbonyl (C=O) groups excluding carboxylic acids is 1. The number of amides is 1. The number of hydrogen-bond donors (Lipinski definition) is 2. The molecule has 1 atom stereocenters. The van der Waals surface area contributed by atoms with Gasteiger partial charge < -0.3 is 10.4 Å². The number of hydrogen-bond acceptors (Lipinski definition) is 2. The number of carbonyl (C=O) groups is 2. The van der Waals surface area contributed by atoms with E-state index in [1.807, 2.05) is 13.8 Å². The molecule has 0 rings (SSSR count). The fourth-order valence-corrected chi connectivity index (χ4v) is 1.35. The van der Waals surface area contributed by atoms with Crippen LogP contribution in [0, 0.1) is 5.92 Å². The molecule has 0 bridgehead atoms. The molecule has 0 fully saturated rings. The second-order valence-electron chi connectivity index (χ2n) is 4.28. The Bertz CT molecular complexity index is 249. The zero-order chi connectivity index (χ0) is 12.6. The molecule has 0 aliphatic heterocycles. The van der Waals surface area contributed by atoms with Crippen molar-refractivity contribution < 1.29 is 14.7 Å². The first-order valence-corrected chi connectivity index (χ1v) is 5.60. The molecule has 0 radical (unpaired) electrons. The molecular formula is C12H21NO3. The molecule has 0 saturated heterocycles. The van der Waals surface area contributed by atoms with Gasteiger partial charge in [0.25, 0.3) is 0 Å². The van der Waals surface area contributed by atoms with Crippen molar-refractivity contribution in [1.29, 1.82) is 0 Å². The number of carboxylic acid groups (broad SMARTS) is 1. The van der Waals surface area contributed by atoms with E-state index in [0.717, 1.165) is 12.8 Å². The summed E-state index contributed by atoms with van der Waals surface area (Å²) in [7, 11) is 0. The van der Waals surface area contributed by atoms with Crippen molar-refractivity contribution in [2.24, 2.45) is 5.92 Å². The normalized spacial score (nSPS) is 12.2. The van der Waals surface area contributed by atoms with E-state index < -0.39 is 12.0 Å². The van der Waals surface area contributed by atoms with E-state index in [0.29, 0.717) is 12.8 Å². The van der Waals surface area contributed by atoms with Crippen LogP contribution in [0.3, 0.4) is 0 Å². The van der Waals surface area contributed by atoms with Gasteiger partial charge in [0.1, 0.15) is 6.04 Å². The van der Waals surface area contributed by atoms with Crippen LogP contribution >= 0.6 is 0 Å². The maximum Gasteiger partial charge on any atom is 0.326 e. The van der Waals surface area contributed by atoms with Gasteiger partial charge in [-0.3, -0.25) is 4.79 Å². The van der Waals surface area contributed by atoms with Gasteiger partial charge in [0.05, 0.1) is 0 Å². The smallest absolute Gasteiger partial charge is 0.326 e. The first-order chi connectivity index (χ1) is 7.47. The van der Waals surface area contributed by atoms with Crippen LogP contribution in [0.5, 0.6) is 0 Å². The Kier molecular flexibility index (Phi) is 7.25. The zero-order valence-electron chi connectivity index (χ0n) is 10.0. The number of rotatable bonds is 8. The summed E-state index contributed by atoms with van der Waals surface area (Å²) >= 11 is 0. The molecule has 0 aromatic carbocycles. The molecule has 0 aromatic heterocycles. The summed E-state index contributed by atoms with van der Waals surface area (Å²) in [5, 5.41) is 11.4. The molecule has 0 spiro atoms. The third-order valence-electron chi connectivity index (χ3n) is 2.13. The minimum Gasteiger partial charge on any atom is -0.480 e. The minimum atomic E-state index is -0.971. The van der Waals surface area contributed by atoms with Crippen LogP contribution in [0.4, 0.5) is 0 Å². The van der Waals surface area contributed by atoms with Crippen LogP contribution in [0.1, 0.15) is 39.5 Å². The fourth-order valence-electron chi connectivity index (χ4n) is 1.35. The van der Waals surface area contributed by atoms with Crippen molar-refractivity contribution in [3.05, 3.63) is 12.7 Å². The SMILES string of the molecule is C=CCCC[C@@H](NC(=O)CC(C)C)C(=O)O. The highest BCUT2D eigenvalue weighted by Crippen LogP contribution is 2.04. The molecule has 0 unspecified atom stereocenters. The Labute approximate surface area is 96.7 Å². The molecule has 16 heavy (non-hydrogen) atoms. The van der Waals surface area contributed by atoms with Crippen LogP contribution in [-0.2, 0) is 9.59 Å². The molecule has 0 saturated carbocycles. The second kappa shape index (κ2) is 7.91. The van der Waals surface area contributed by atoms with Crippen molar-refractivity contribution in [3.63, 3.8) is 0 Å². The second-order valence-corrected chi connectivity index (χ2v) is 4.28. The molecule has 4 heteroatoms. The minimum absolute atomic E-state index is 0.194. The Morgan fingerprint density at radius 3 is 2.50 bits per heavy atom. The highest BCUT2D eigenvalue weighted by molar-refractivity contribution is 5.83. The number of aliphatic carboxylic acids is 1. The van der Waals surface area contributed by atoms with Gasteiger partial charge in [-0.1, -0.05) is 19.9 Å². The molecule has 0 aliphatic rings. The van der Waals surface area contributed by atoms with Crippen molar-refractivity contribution in [1.82, 2.24) is 5.32 Å². The lowest BCUT2D eigenvalue weighted by Gasteiger charge is -2.14. The van der Waals surface area contributed by atoms with E-state index in [1.165, 1.54) is 0 Å². The van der Waals surface area contributed by atoms with Gasteiger partial charge in [-0.05, 0) is 25.2 Å². The number of unbranched alkanes of at least 4 members (excludes halogenated alkanes) is 1. The molecule has 4 nitrogen and oxygen atoms in total. The molecule has 0 aliphatic carbocycles. The van der Waals surface area contributed by atoms with E-state index in [-0.39, 0.29) is 11.8 Å². The topological polar surface area (TPSA) is 66.4 Å². The summed E-state index contributed by atoms with van der Waals surface area (Å²) in [6.07, 6.45) is 4.05. The Hall–Kier alpha value is -1.32. The van der Waals surface area contributed by atoms with E-state index in [9.17, 15) is 9.59 Å². The largest absolute Gasteiger partial charge is 0.480 e. The van der Waals surface area contributed by atoms with Crippen LogP contribution in [0.25, 0.3) is 0 Å². The molecule has 2 N–H and O–H groups in total. The summed E-state index contributed by atoms with van der Waals surface area (Å²) in [6, 6.07) is -0.772. The highest BCUT2D eigenvalue weighted by Gasteiger charge is 2.19. The van der Waals surface area contributed by atoms with Gasteiger partial charge in [0.2, 0.25) is 5.91 Å². The van der Waals surface area contributed by atoms with E-state index >= 15 is 0 Å². The molecule has 0 aromatic rings. The zero-order valence-corrected chi connectivity index (χ0v) is 10.0. The van der Waals surface area contributed by atoms with Crippen LogP contribution in [-0.4, -0.2) is 23.0 Å². The number of nitrogens with one attached hydrogen (secondary N) is 1. The van der Waals surface area contributed by atoms with Gasteiger partial charge in [0.15, 0.2) is 0 Å². The van der Waals surface area contributed by atoms with Gasteiger partial charge in [0, 0.05) is 6.42 Å². The van der Waals surface area contributed by atoms with Crippen LogP contribution < -0.4 is 5.32 Å². The van der Waals surface area contributed by atoms with Crippen LogP contribution in [0.15, 0.2) is 12.7 Å². The van der Waals surface area contributed by atoms with Crippen molar-refractivity contribution in [2.75, 3.05) is 0 Å². The Morgan fingerprint density at radius 2 is 2.06 bits per heavy atom. The van der Waals surface area contributed by atoms with Crippen molar-refractivity contribution in [2.45, 2.75) is 45.6 Å². The first kappa shape index (κ1) is 14.7. The lowest BCUT2D eigenvalue weighted by Crippen LogP contribution is -2.41. The van der Waals surface area contributed by atoms with Crippen molar-refractivity contribution >= 4 is 11.9 Å². The first-order valence-electron chi connectivity index (χ1n) is 5.60. The van der Waals surface area contributed by atoms with Crippen LogP contribution in [0.2, 0.25) is 0 Å². The molecule has 1 amide bonds. The van der Waals surface area contributed by atoms with E-state index in [1.54, 1.807) is 6.08 Å². The third kappa shape index (κ3) is 7.04. The lowest BCUT2D eigenvalue weighted by atomic mass is 10.1. The third-order valence-corrected chi connectivity index (χ3v) is 2.13. The van der Waals surface area contributed by atoms with Gasteiger partial charge in [-0.25, -0.2) is 4.79 Å². The van der Waals surface area contributed by atoms with Gasteiger partial charge >= 0.3 is 5.97 Å². The Morgan fingerprint density at radius 1 is 1.44 bits per heavy atom. The summed E-state index contributed by atoms with van der Waals surface area (Å²) in [5.41, 5.74) is 0. The monoisotopic (exact) mass is 227 g/mol. The summed E-state index contributed by atoms with van der Waals surface area (Å²) in [4.78, 5) is 22.3. The summed E-state index contributed by atoms with van der Waals surface area (Å²) in [6.45, 7) is 7.42. The van der Waals surface area contributed by atoms with Gasteiger partial charge in [-0.2, -0.15) is 0 Å². The molecule has 0 heterocycles. The predicted octanol–water partition coefficient (Wildman–Crippen LogP) is 1.96. The highest BCUT2D eigenvalue weighted by atomic mass is 16.4. The molecular weight excluding hydrogens is 206 g/mol. The van der Waals surface area contributed by atoms with E-state index in [4.69, 9.17) is 5.11 Å². The van der Waals surface area contributed by atoms with E-state index in [2.05, 4.69) is 11.9 Å². The average molecular weight is 227 g/mol. The predicted molar refractivity (Wildman–Crippen MR) is 63.1 cm³/mol. The quantitative estimate of drug-likeness (QED) is 0.492. The Balaban J connectivity index is 4.07. The summed E-state index contributed by atoms with van der Waals surface area (Å²) in [5.74, 6) is -0.926. The average Bonchev–Trinajstić information content (AvgIpc) is 2.15. The lowest BCUT2D eigenvalue weighted by molar-refractivity contribution is -0.142. The standard InChI is InChI=1S/C12H21NO3/c1-4-5-6-7-10(12(15)16)13-11(14)8-9(2)3/h4,9-10H,1,5-8H2,2-3H3,(H,13,14)(H,15,16)/t10-/m1/s1. The fraction of sp³-hybridized carbons (Fsp3) is 0.667.